The predicted molar refractivity (Wildman–Crippen MR) is 167 cm³/mol. The van der Waals surface area contributed by atoms with Crippen LogP contribution in [-0.2, 0) is 36.0 Å². The lowest BCUT2D eigenvalue weighted by Crippen LogP contribution is -2.31. The summed E-state index contributed by atoms with van der Waals surface area (Å²) in [6, 6.07) is 14.4. The van der Waals surface area contributed by atoms with Gasteiger partial charge in [-0.05, 0) is 66.6 Å². The number of benzene rings is 3. The van der Waals surface area contributed by atoms with Crippen LogP contribution in [0.4, 0.5) is 9.18 Å². The minimum absolute atomic E-state index is 0.00346. The van der Waals surface area contributed by atoms with Crippen LogP contribution in [0.15, 0.2) is 81.8 Å². The van der Waals surface area contributed by atoms with Gasteiger partial charge in [0.2, 0.25) is 10.0 Å². The number of carbonyl (C=O) groups is 1. The Labute approximate surface area is 268 Å². The van der Waals surface area contributed by atoms with Gasteiger partial charge in [0.15, 0.2) is 5.16 Å². The van der Waals surface area contributed by atoms with E-state index in [1.807, 2.05) is 23.1 Å². The van der Waals surface area contributed by atoms with Gasteiger partial charge in [-0.15, -0.1) is 0 Å². The Morgan fingerprint density at radius 1 is 1.05 bits per heavy atom. The predicted octanol–water partition coefficient (Wildman–Crippen LogP) is 6.02. The SMILES string of the molecule is CCOC(=O)NS(=O)(=O)c1ccc(CSc2ncc(C(C)(C)c3ccc(S(N)(=O)=O)c(Cl)c3)n2-c2ccc(F)cc2)c(Cl)c1. The van der Waals surface area contributed by atoms with Crippen molar-refractivity contribution >= 4 is 61.1 Å². The van der Waals surface area contributed by atoms with Crippen molar-refractivity contribution in [2.75, 3.05) is 6.61 Å². The molecule has 0 saturated heterocycles. The summed E-state index contributed by atoms with van der Waals surface area (Å²) in [6.45, 7) is 5.36. The van der Waals surface area contributed by atoms with Gasteiger partial charge in [-0.25, -0.2) is 40.9 Å². The van der Waals surface area contributed by atoms with Crippen LogP contribution in [-0.4, -0.2) is 39.1 Å². The fourth-order valence-corrected chi connectivity index (χ4v) is 7.66. The molecule has 0 radical (unpaired) electrons. The number of sulfonamides is 2. The summed E-state index contributed by atoms with van der Waals surface area (Å²) in [5.74, 6) is -0.147. The van der Waals surface area contributed by atoms with E-state index in [-0.39, 0.29) is 32.2 Å². The highest BCUT2D eigenvalue weighted by Gasteiger charge is 2.31. The molecule has 0 aliphatic rings. The zero-order valence-electron chi connectivity index (χ0n) is 23.5. The summed E-state index contributed by atoms with van der Waals surface area (Å²) in [5.41, 5.74) is 1.78. The molecule has 0 atom stereocenters. The molecule has 16 heteroatoms. The van der Waals surface area contributed by atoms with Crippen LogP contribution >= 0.6 is 35.0 Å². The molecule has 1 amide bonds. The third-order valence-corrected chi connectivity index (χ3v) is 10.7. The van der Waals surface area contributed by atoms with E-state index in [1.165, 1.54) is 54.2 Å². The average Bonchev–Trinajstić information content (AvgIpc) is 3.36. The molecular weight excluding hydrogens is 674 g/mol. The first kappa shape index (κ1) is 33.7. The van der Waals surface area contributed by atoms with Crippen LogP contribution in [0.5, 0.6) is 0 Å². The van der Waals surface area contributed by atoms with E-state index in [9.17, 15) is 26.0 Å². The second-order valence-corrected chi connectivity index (χ2v) is 14.9. The van der Waals surface area contributed by atoms with Gasteiger partial charge in [0, 0.05) is 21.9 Å². The Morgan fingerprint density at radius 2 is 1.73 bits per heavy atom. The van der Waals surface area contributed by atoms with Crippen molar-refractivity contribution < 1.29 is 30.8 Å². The Kier molecular flexibility index (Phi) is 10.0. The standard InChI is InChI=1S/C28H27Cl2FN4O6S3/c1-4-41-27(36)34-44(39,40)21-11-5-17(22(29)14-21)16-42-26-33-15-25(35(26)20-9-7-19(31)8-10-20)28(2,3)18-6-12-24(23(30)13-18)43(32,37)38/h5-15H,4,16H2,1-3H3,(H,34,36)(H2,32,37,38). The summed E-state index contributed by atoms with van der Waals surface area (Å²) < 4.78 is 71.0. The molecule has 44 heavy (non-hydrogen) atoms. The van der Waals surface area contributed by atoms with Crippen molar-refractivity contribution in [2.24, 2.45) is 5.14 Å². The quantitative estimate of drug-likeness (QED) is 0.191. The number of hydrogen-bond donors (Lipinski definition) is 2. The van der Waals surface area contributed by atoms with Crippen molar-refractivity contribution in [3.8, 4) is 5.69 Å². The molecule has 1 heterocycles. The molecule has 3 aromatic carbocycles. The molecule has 4 rings (SSSR count). The van der Waals surface area contributed by atoms with Crippen LogP contribution in [0.2, 0.25) is 10.0 Å². The first-order valence-corrected chi connectivity index (χ1v) is 17.6. The first-order valence-electron chi connectivity index (χ1n) is 12.8. The van der Waals surface area contributed by atoms with Gasteiger partial charge >= 0.3 is 6.09 Å². The molecule has 0 bridgehead atoms. The van der Waals surface area contributed by atoms with E-state index < -0.39 is 37.4 Å². The number of ether oxygens (including phenoxy) is 1. The highest BCUT2D eigenvalue weighted by atomic mass is 35.5. The largest absolute Gasteiger partial charge is 0.449 e. The molecule has 0 spiro atoms. The molecule has 0 aliphatic heterocycles. The van der Waals surface area contributed by atoms with Gasteiger partial charge in [0.25, 0.3) is 10.0 Å². The number of amides is 1. The minimum Gasteiger partial charge on any atom is -0.449 e. The molecule has 10 nitrogen and oxygen atoms in total. The number of carbonyl (C=O) groups excluding carboxylic acids is 1. The molecule has 234 valence electrons. The van der Waals surface area contributed by atoms with Crippen molar-refractivity contribution in [3.05, 3.63) is 99.5 Å². The molecule has 0 fully saturated rings. The van der Waals surface area contributed by atoms with E-state index in [4.69, 9.17) is 28.3 Å². The van der Waals surface area contributed by atoms with Gasteiger partial charge in [-0.1, -0.05) is 60.9 Å². The molecule has 3 N–H and O–H groups in total. The van der Waals surface area contributed by atoms with E-state index >= 15 is 0 Å². The summed E-state index contributed by atoms with van der Waals surface area (Å²) in [4.78, 5) is 15.8. The van der Waals surface area contributed by atoms with Crippen molar-refractivity contribution in [1.29, 1.82) is 0 Å². The average molecular weight is 702 g/mol. The number of nitrogens with two attached hydrogens (primary N) is 1. The number of imidazole rings is 1. The van der Waals surface area contributed by atoms with Gasteiger partial charge in [0.1, 0.15) is 10.7 Å². The van der Waals surface area contributed by atoms with Gasteiger partial charge in [-0.2, -0.15) is 0 Å². The maximum absolute atomic E-state index is 13.9. The van der Waals surface area contributed by atoms with Crippen molar-refractivity contribution in [2.45, 2.75) is 46.9 Å². The summed E-state index contributed by atoms with van der Waals surface area (Å²) in [7, 11) is -8.22. The highest BCUT2D eigenvalue weighted by Crippen LogP contribution is 2.39. The van der Waals surface area contributed by atoms with E-state index in [0.29, 0.717) is 27.7 Å². The fourth-order valence-electron chi connectivity index (χ4n) is 4.27. The van der Waals surface area contributed by atoms with Gasteiger partial charge in [-0.3, -0.25) is 4.57 Å². The van der Waals surface area contributed by atoms with Gasteiger partial charge < -0.3 is 4.74 Å². The van der Waals surface area contributed by atoms with Crippen LogP contribution in [0.3, 0.4) is 0 Å². The van der Waals surface area contributed by atoms with Crippen LogP contribution < -0.4 is 9.86 Å². The zero-order chi connectivity index (χ0) is 32.4. The third-order valence-electron chi connectivity index (χ3n) is 6.60. The lowest BCUT2D eigenvalue weighted by Gasteiger charge is -2.28. The second-order valence-electron chi connectivity index (χ2n) is 9.92. The van der Waals surface area contributed by atoms with Crippen molar-refractivity contribution in [3.63, 3.8) is 0 Å². The van der Waals surface area contributed by atoms with Crippen LogP contribution in [0.1, 0.15) is 37.6 Å². The zero-order valence-corrected chi connectivity index (χ0v) is 27.5. The van der Waals surface area contributed by atoms with E-state index in [1.54, 1.807) is 31.3 Å². The number of halogens is 3. The minimum atomic E-state index is -4.20. The van der Waals surface area contributed by atoms with E-state index in [2.05, 4.69) is 9.72 Å². The second kappa shape index (κ2) is 13.1. The lowest BCUT2D eigenvalue weighted by atomic mass is 9.81. The topological polar surface area (TPSA) is 150 Å². The number of nitrogens with one attached hydrogen (secondary N) is 1. The van der Waals surface area contributed by atoms with Crippen LogP contribution in [0, 0.1) is 5.82 Å². The fraction of sp³-hybridized carbons (Fsp3) is 0.214. The Hall–Kier alpha value is -3.14. The summed E-state index contributed by atoms with van der Waals surface area (Å²) in [6.07, 6.45) is 0.558. The molecule has 0 saturated carbocycles. The molecule has 4 aromatic rings. The Morgan fingerprint density at radius 3 is 2.32 bits per heavy atom. The number of aromatic nitrogens is 2. The smallest absolute Gasteiger partial charge is 0.421 e. The first-order chi connectivity index (χ1) is 20.5. The lowest BCUT2D eigenvalue weighted by molar-refractivity contribution is 0.158. The maximum atomic E-state index is 13.9. The Bertz CT molecular complexity index is 1930. The molecular formula is C28H27Cl2FN4O6S3. The molecule has 1 aromatic heterocycles. The molecule has 0 aliphatic carbocycles. The number of rotatable bonds is 10. The molecule has 0 unspecified atom stereocenters. The summed E-state index contributed by atoms with van der Waals surface area (Å²) in [5, 5.41) is 5.91. The number of primary sulfonamides is 1. The van der Waals surface area contributed by atoms with Crippen molar-refractivity contribution in [1.82, 2.24) is 14.3 Å². The number of hydrogen-bond acceptors (Lipinski definition) is 8. The maximum Gasteiger partial charge on any atom is 0.421 e. The monoisotopic (exact) mass is 700 g/mol. The number of nitrogens with zero attached hydrogens (tertiary/aromatic N) is 2. The third kappa shape index (κ3) is 7.38. The van der Waals surface area contributed by atoms with Crippen LogP contribution in [0.25, 0.3) is 5.69 Å². The number of thioether (sulfide) groups is 1. The normalized spacial score (nSPS) is 12.2. The highest BCUT2D eigenvalue weighted by molar-refractivity contribution is 7.98. The summed E-state index contributed by atoms with van der Waals surface area (Å²) >= 11 is 14.0. The Balaban J connectivity index is 1.69. The van der Waals surface area contributed by atoms with Gasteiger partial charge in [0.05, 0.1) is 28.4 Å². The van der Waals surface area contributed by atoms with E-state index in [0.717, 1.165) is 0 Å².